The lowest BCUT2D eigenvalue weighted by Gasteiger charge is -2.21. The molecule has 0 bridgehead atoms. The van der Waals surface area contributed by atoms with Crippen LogP contribution in [0.5, 0.6) is 0 Å². The Morgan fingerprint density at radius 2 is 1.65 bits per heavy atom. The summed E-state index contributed by atoms with van der Waals surface area (Å²) in [6, 6.07) is 18.3. The summed E-state index contributed by atoms with van der Waals surface area (Å²) < 4.78 is 49.5. The predicted molar refractivity (Wildman–Crippen MR) is 176 cm³/mol. The van der Waals surface area contributed by atoms with Crippen molar-refractivity contribution in [1.82, 2.24) is 19.7 Å². The van der Waals surface area contributed by atoms with Crippen molar-refractivity contribution in [3.63, 3.8) is 0 Å². The zero-order chi connectivity index (χ0) is 32.9. The minimum absolute atomic E-state index is 0.286. The van der Waals surface area contributed by atoms with Crippen molar-refractivity contribution in [3.8, 4) is 39.3 Å². The molecule has 3 aromatic heterocycles. The molecule has 3 aromatic carbocycles. The van der Waals surface area contributed by atoms with E-state index in [0.717, 1.165) is 16.1 Å². The summed E-state index contributed by atoms with van der Waals surface area (Å²) in [5, 5.41) is 7.52. The molecule has 6 rings (SSSR count). The minimum Gasteiger partial charge on any atom is -0.455 e. The number of hydrogen-bond donors (Lipinski definition) is 1. The van der Waals surface area contributed by atoms with Crippen LogP contribution in [0.1, 0.15) is 15.9 Å². The zero-order valence-corrected chi connectivity index (χ0v) is 26.5. The number of amides is 1. The third kappa shape index (κ3) is 5.47. The highest BCUT2D eigenvalue weighted by Gasteiger charge is 2.26. The number of carbonyl (C=O) groups excluding carboxylic acids is 1. The van der Waals surface area contributed by atoms with Gasteiger partial charge < -0.3 is 14.3 Å². The number of halogens is 1. The van der Waals surface area contributed by atoms with Crippen molar-refractivity contribution < 1.29 is 22.0 Å². The van der Waals surface area contributed by atoms with Gasteiger partial charge in [0.2, 0.25) is 10.0 Å². The van der Waals surface area contributed by atoms with Gasteiger partial charge in [0.1, 0.15) is 17.2 Å². The number of carbonyl (C=O) groups is 1. The second-order valence-electron chi connectivity index (χ2n) is 11.1. The zero-order valence-electron chi connectivity index (χ0n) is 25.7. The number of nitrogens with zero attached hydrogens (tertiary/aromatic N) is 4. The van der Waals surface area contributed by atoms with E-state index in [1.54, 1.807) is 49.8 Å². The Kier molecular flexibility index (Phi) is 7.61. The molecule has 1 amide bonds. The van der Waals surface area contributed by atoms with Crippen LogP contribution in [0, 0.1) is 12.7 Å². The maximum atomic E-state index is 13.5. The second kappa shape index (κ2) is 11.5. The lowest BCUT2D eigenvalue weighted by molar-refractivity contribution is 0.0964. The van der Waals surface area contributed by atoms with Crippen molar-refractivity contribution in [2.45, 2.75) is 6.92 Å². The molecular weight excluding hydrogens is 609 g/mol. The predicted octanol–water partition coefficient (Wildman–Crippen LogP) is 5.52. The number of pyridine rings is 1. The maximum absolute atomic E-state index is 13.5. The largest absolute Gasteiger partial charge is 0.455 e. The molecule has 3 heterocycles. The number of rotatable bonds is 7. The highest BCUT2D eigenvalue weighted by Crippen LogP contribution is 2.41. The third-order valence-corrected chi connectivity index (χ3v) is 9.08. The van der Waals surface area contributed by atoms with Gasteiger partial charge in [-0.15, -0.1) is 0 Å². The highest BCUT2D eigenvalue weighted by atomic mass is 32.2. The van der Waals surface area contributed by atoms with Gasteiger partial charge >= 0.3 is 0 Å². The molecule has 1 N–H and O–H groups in total. The first-order valence-corrected chi connectivity index (χ1v) is 16.1. The number of sulfonamides is 1. The van der Waals surface area contributed by atoms with Crippen LogP contribution in [0.15, 0.2) is 94.5 Å². The lowest BCUT2D eigenvalue weighted by atomic mass is 9.97. The summed E-state index contributed by atoms with van der Waals surface area (Å²) in [5.41, 5.74) is 4.68. The molecule has 12 heteroatoms. The monoisotopic (exact) mass is 639 g/mol. The Morgan fingerprint density at radius 3 is 2.30 bits per heavy atom. The van der Waals surface area contributed by atoms with E-state index in [1.165, 1.54) is 41.7 Å². The van der Waals surface area contributed by atoms with Crippen LogP contribution in [0.4, 0.5) is 10.1 Å². The van der Waals surface area contributed by atoms with Crippen LogP contribution in [0.2, 0.25) is 0 Å². The van der Waals surface area contributed by atoms with Gasteiger partial charge in [-0.2, -0.15) is 5.10 Å². The van der Waals surface area contributed by atoms with Crippen LogP contribution in [0.25, 0.3) is 50.2 Å². The van der Waals surface area contributed by atoms with Gasteiger partial charge in [-0.1, -0.05) is 29.8 Å². The van der Waals surface area contributed by atoms with Crippen molar-refractivity contribution in [1.29, 1.82) is 0 Å². The van der Waals surface area contributed by atoms with Gasteiger partial charge in [-0.05, 0) is 43.3 Å². The van der Waals surface area contributed by atoms with Crippen LogP contribution < -0.4 is 15.2 Å². The van der Waals surface area contributed by atoms with E-state index in [9.17, 15) is 22.4 Å². The molecular formula is C34H30FN5O5S. The molecule has 0 aliphatic rings. The average Bonchev–Trinajstić information content (AvgIpc) is 3.66. The number of fused-ring (bicyclic) bond motifs is 1. The summed E-state index contributed by atoms with van der Waals surface area (Å²) in [6.45, 7) is 1.96. The minimum atomic E-state index is -3.74. The van der Waals surface area contributed by atoms with Crippen LogP contribution in [0.3, 0.4) is 0 Å². The Labute approximate surface area is 264 Å². The number of furan rings is 1. The van der Waals surface area contributed by atoms with E-state index in [0.29, 0.717) is 55.8 Å². The molecule has 0 aliphatic carbocycles. The smallest absolute Gasteiger partial charge is 0.258 e. The van der Waals surface area contributed by atoms with Gasteiger partial charge in [0, 0.05) is 67.2 Å². The first-order valence-electron chi connectivity index (χ1n) is 14.2. The lowest BCUT2D eigenvalue weighted by Crippen LogP contribution is -2.25. The molecule has 0 spiro atoms. The fourth-order valence-electron chi connectivity index (χ4n) is 5.32. The molecule has 0 aliphatic heterocycles. The average molecular weight is 640 g/mol. The maximum Gasteiger partial charge on any atom is 0.258 e. The van der Waals surface area contributed by atoms with Crippen LogP contribution in [-0.2, 0) is 17.1 Å². The van der Waals surface area contributed by atoms with E-state index in [2.05, 4.69) is 10.4 Å². The van der Waals surface area contributed by atoms with Gasteiger partial charge in [-0.25, -0.2) is 17.5 Å². The second-order valence-corrected chi connectivity index (χ2v) is 13.1. The van der Waals surface area contributed by atoms with E-state index in [4.69, 9.17) is 4.42 Å². The van der Waals surface area contributed by atoms with E-state index < -0.39 is 10.0 Å². The molecule has 0 unspecified atom stereocenters. The molecule has 46 heavy (non-hydrogen) atoms. The van der Waals surface area contributed by atoms with E-state index in [-0.39, 0.29) is 23.0 Å². The molecule has 0 saturated carbocycles. The van der Waals surface area contributed by atoms with Gasteiger partial charge in [0.05, 0.1) is 35.0 Å². The van der Waals surface area contributed by atoms with Crippen molar-refractivity contribution in [2.24, 2.45) is 7.05 Å². The SMILES string of the molecule is CNC(=O)c1c(-c2ccc(C)cc2)oc2cc(N(C)S(C)(=O)=O)c(-c3cc(-c4cnn(-c5ccc(F)cc5)c4)c(=O)n(C)c3)cc12. The number of benzene rings is 3. The summed E-state index contributed by atoms with van der Waals surface area (Å²) >= 11 is 0. The normalized spacial score (nSPS) is 11.6. The van der Waals surface area contributed by atoms with Crippen molar-refractivity contribution in [3.05, 3.63) is 113 Å². The topological polar surface area (TPSA) is 119 Å². The summed E-state index contributed by atoms with van der Waals surface area (Å²) in [5.74, 6) is -0.416. The number of aryl methyl sites for hydroxylation is 2. The van der Waals surface area contributed by atoms with E-state index in [1.807, 2.05) is 31.2 Å². The van der Waals surface area contributed by atoms with Gasteiger partial charge in [0.25, 0.3) is 11.5 Å². The van der Waals surface area contributed by atoms with Gasteiger partial charge in [-0.3, -0.25) is 13.9 Å². The summed E-state index contributed by atoms with van der Waals surface area (Å²) in [7, 11) is 0.811. The van der Waals surface area contributed by atoms with Gasteiger partial charge in [0.15, 0.2) is 0 Å². The summed E-state index contributed by atoms with van der Waals surface area (Å²) in [4.78, 5) is 26.7. The number of aromatic nitrogens is 3. The van der Waals surface area contributed by atoms with Crippen molar-refractivity contribution >= 4 is 32.6 Å². The number of nitrogens with one attached hydrogen (secondary N) is 1. The molecule has 0 fully saturated rings. The first-order chi connectivity index (χ1) is 21.8. The fraction of sp³-hybridized carbons (Fsp3) is 0.147. The first kappa shape index (κ1) is 30.5. The fourth-order valence-corrected chi connectivity index (χ4v) is 5.83. The Morgan fingerprint density at radius 1 is 0.957 bits per heavy atom. The van der Waals surface area contributed by atoms with Crippen LogP contribution >= 0.6 is 0 Å². The standard InChI is InChI=1S/C34H30FN5O5S/c1-20-6-8-21(9-7-20)32-31(33(41)36-2)28-15-26(29(16-30(28)45-32)39(4)46(5,43)44)22-14-27(34(42)38(3)18-22)23-17-37-40(19-23)25-12-10-24(35)11-13-25/h6-19H,1-5H3,(H,36,41). The highest BCUT2D eigenvalue weighted by molar-refractivity contribution is 7.92. The summed E-state index contributed by atoms with van der Waals surface area (Å²) in [6.07, 6.45) is 5.89. The molecule has 6 aromatic rings. The Balaban J connectivity index is 1.60. The molecule has 234 valence electrons. The molecule has 0 atom stereocenters. The van der Waals surface area contributed by atoms with E-state index >= 15 is 0 Å². The number of hydrogen-bond acceptors (Lipinski definition) is 6. The molecule has 0 saturated heterocycles. The molecule has 10 nitrogen and oxygen atoms in total. The van der Waals surface area contributed by atoms with Crippen molar-refractivity contribution in [2.75, 3.05) is 24.7 Å². The quantitative estimate of drug-likeness (QED) is 0.246. The Bertz CT molecular complexity index is 2300. The Hall–Kier alpha value is -5.49. The molecule has 0 radical (unpaired) electrons. The number of anilines is 1. The van der Waals surface area contributed by atoms with Crippen LogP contribution in [-0.4, -0.2) is 49.0 Å². The third-order valence-electron chi connectivity index (χ3n) is 7.89.